The van der Waals surface area contributed by atoms with Gasteiger partial charge in [-0.2, -0.15) is 8.42 Å². The van der Waals surface area contributed by atoms with E-state index in [0.717, 1.165) is 25.7 Å². The Balaban J connectivity index is 1.69. The molecule has 0 aromatic heterocycles. The topological polar surface area (TPSA) is 98.2 Å². The molecule has 2 atom stereocenters. The second-order valence-corrected chi connectivity index (χ2v) is 7.58. The number of hydrogen-bond donors (Lipinski definition) is 1. The Kier molecular flexibility index (Phi) is 3.80. The van der Waals surface area contributed by atoms with Crippen molar-refractivity contribution >= 4 is 22.2 Å². The number of likely N-dealkylation sites (tertiary alicyclic amines) is 1. The Morgan fingerprint density at radius 3 is 2.45 bits per heavy atom. The first-order valence-electron chi connectivity index (χ1n) is 7.66. The van der Waals surface area contributed by atoms with Crippen LogP contribution < -0.4 is 0 Å². The molecule has 0 spiro atoms. The summed E-state index contributed by atoms with van der Waals surface area (Å²) in [7, 11) is -2.78. The number of carbonyl (C=O) groups excluding carboxylic acids is 2. The molecule has 1 aliphatic carbocycles. The van der Waals surface area contributed by atoms with E-state index < -0.39 is 28.3 Å². The van der Waals surface area contributed by atoms with Gasteiger partial charge in [0.05, 0.1) is 6.04 Å². The summed E-state index contributed by atoms with van der Waals surface area (Å²) in [6.45, 7) is 0.336. The van der Waals surface area contributed by atoms with E-state index in [4.69, 9.17) is 4.55 Å². The van der Waals surface area contributed by atoms with E-state index in [-0.39, 0.29) is 12.1 Å². The second kappa shape index (κ2) is 5.38. The molecule has 2 saturated heterocycles. The predicted molar refractivity (Wildman–Crippen MR) is 77.3 cm³/mol. The first kappa shape index (κ1) is 15.5. The van der Waals surface area contributed by atoms with Crippen LogP contribution in [0.4, 0.5) is 4.79 Å². The summed E-state index contributed by atoms with van der Waals surface area (Å²) in [4.78, 5) is 27.7. The molecular weight excluding hydrogens is 310 g/mol. The van der Waals surface area contributed by atoms with Crippen molar-refractivity contribution in [3.8, 4) is 0 Å². The highest BCUT2D eigenvalue weighted by molar-refractivity contribution is 7.84. The van der Waals surface area contributed by atoms with Crippen LogP contribution in [0.5, 0.6) is 0 Å². The third-order valence-electron chi connectivity index (χ3n) is 5.06. The molecule has 124 valence electrons. The van der Waals surface area contributed by atoms with Gasteiger partial charge in [0.25, 0.3) is 5.91 Å². The number of β-lactam (4-membered cyclic amide) rings is 1. The zero-order valence-electron chi connectivity index (χ0n) is 12.5. The zero-order chi connectivity index (χ0) is 16.1. The third-order valence-corrected chi connectivity index (χ3v) is 6.00. The number of nitrogens with zero attached hydrogens (tertiary/aromatic N) is 3. The molecule has 1 saturated carbocycles. The second-order valence-electron chi connectivity index (χ2n) is 6.29. The van der Waals surface area contributed by atoms with Gasteiger partial charge in [0, 0.05) is 19.6 Å². The predicted octanol–water partition coefficient (Wildman–Crippen LogP) is 0.459. The van der Waals surface area contributed by atoms with E-state index in [2.05, 4.69) is 0 Å². The maximum Gasteiger partial charge on any atom is 0.362 e. The van der Waals surface area contributed by atoms with Gasteiger partial charge in [-0.3, -0.25) is 9.35 Å². The van der Waals surface area contributed by atoms with E-state index in [9.17, 15) is 18.0 Å². The summed E-state index contributed by atoms with van der Waals surface area (Å²) in [5.41, 5.74) is 0. The summed E-state index contributed by atoms with van der Waals surface area (Å²) in [6, 6.07) is -1.40. The lowest BCUT2D eigenvalue weighted by molar-refractivity contribution is -0.143. The zero-order valence-corrected chi connectivity index (χ0v) is 13.3. The molecule has 2 heterocycles. The van der Waals surface area contributed by atoms with Crippen molar-refractivity contribution in [1.82, 2.24) is 14.1 Å². The van der Waals surface area contributed by atoms with Gasteiger partial charge >= 0.3 is 16.3 Å². The van der Waals surface area contributed by atoms with Crippen molar-refractivity contribution < 1.29 is 22.6 Å². The van der Waals surface area contributed by atoms with Gasteiger partial charge in [-0.15, -0.1) is 0 Å². The van der Waals surface area contributed by atoms with E-state index in [1.165, 1.54) is 11.3 Å². The number of rotatable bonds is 2. The van der Waals surface area contributed by atoms with Gasteiger partial charge < -0.3 is 9.80 Å². The van der Waals surface area contributed by atoms with Crippen LogP contribution in [0.25, 0.3) is 0 Å². The van der Waals surface area contributed by atoms with E-state index >= 15 is 0 Å². The highest BCUT2D eigenvalue weighted by Gasteiger charge is 2.60. The Bertz CT molecular complexity index is 586. The van der Waals surface area contributed by atoms with Gasteiger partial charge in [-0.25, -0.2) is 9.10 Å². The number of hydrogen-bond acceptors (Lipinski definition) is 4. The lowest BCUT2D eigenvalue weighted by atomic mass is 9.94. The standard InChI is InChI=1S/C13H21N3O5S/c1-14(9-5-3-2-4-6-9)13(18)15-8-7-10-11(15)12(17)16(10)22(19,20)21/h9-11H,2-8H2,1H3,(H,19,20,21)/t10-,11+/m1/s1. The van der Waals surface area contributed by atoms with Crippen molar-refractivity contribution in [3.63, 3.8) is 0 Å². The first-order chi connectivity index (χ1) is 10.3. The van der Waals surface area contributed by atoms with Gasteiger partial charge in [0.1, 0.15) is 6.04 Å². The third kappa shape index (κ3) is 2.36. The lowest BCUT2D eigenvalue weighted by Crippen LogP contribution is -2.69. The molecule has 3 aliphatic rings. The molecule has 8 nitrogen and oxygen atoms in total. The molecular formula is C13H21N3O5S. The van der Waals surface area contributed by atoms with Crippen molar-refractivity contribution in [2.24, 2.45) is 0 Å². The fraction of sp³-hybridized carbons (Fsp3) is 0.846. The Morgan fingerprint density at radius 1 is 1.23 bits per heavy atom. The summed E-state index contributed by atoms with van der Waals surface area (Å²) < 4.78 is 31.9. The van der Waals surface area contributed by atoms with Crippen molar-refractivity contribution in [2.45, 2.75) is 56.7 Å². The number of carbonyl (C=O) groups is 2. The van der Waals surface area contributed by atoms with Crippen LogP contribution >= 0.6 is 0 Å². The normalized spacial score (nSPS) is 29.3. The minimum absolute atomic E-state index is 0.188. The summed E-state index contributed by atoms with van der Waals surface area (Å²) in [5, 5.41) is 0. The number of fused-ring (bicyclic) bond motifs is 1. The summed E-state index contributed by atoms with van der Waals surface area (Å²) >= 11 is 0. The van der Waals surface area contributed by atoms with Gasteiger partial charge in [-0.1, -0.05) is 19.3 Å². The van der Waals surface area contributed by atoms with Crippen LogP contribution in [0.1, 0.15) is 38.5 Å². The van der Waals surface area contributed by atoms with Crippen molar-refractivity contribution in [3.05, 3.63) is 0 Å². The highest BCUT2D eigenvalue weighted by atomic mass is 32.2. The minimum atomic E-state index is -4.53. The Morgan fingerprint density at radius 2 is 1.86 bits per heavy atom. The molecule has 0 bridgehead atoms. The van der Waals surface area contributed by atoms with Crippen LogP contribution in [0.2, 0.25) is 0 Å². The molecule has 3 rings (SSSR count). The van der Waals surface area contributed by atoms with Crippen LogP contribution in [0.15, 0.2) is 0 Å². The smallest absolute Gasteiger partial charge is 0.325 e. The van der Waals surface area contributed by atoms with Gasteiger partial charge in [0.15, 0.2) is 0 Å². The van der Waals surface area contributed by atoms with Gasteiger partial charge in [0.2, 0.25) is 0 Å². The number of amides is 3. The monoisotopic (exact) mass is 331 g/mol. The highest BCUT2D eigenvalue weighted by Crippen LogP contribution is 2.36. The fourth-order valence-electron chi connectivity index (χ4n) is 3.86. The lowest BCUT2D eigenvalue weighted by Gasteiger charge is -2.44. The molecule has 1 N–H and O–H groups in total. The van der Waals surface area contributed by atoms with E-state index in [1.54, 1.807) is 11.9 Å². The van der Waals surface area contributed by atoms with E-state index in [1.807, 2.05) is 0 Å². The van der Waals surface area contributed by atoms with Crippen LogP contribution in [0.3, 0.4) is 0 Å². The van der Waals surface area contributed by atoms with Crippen molar-refractivity contribution in [1.29, 1.82) is 0 Å². The molecule has 22 heavy (non-hydrogen) atoms. The van der Waals surface area contributed by atoms with Crippen LogP contribution in [0, 0.1) is 0 Å². The maximum absolute atomic E-state index is 12.6. The Hall–Kier alpha value is -1.35. The molecule has 0 unspecified atom stereocenters. The maximum atomic E-state index is 12.6. The molecule has 9 heteroatoms. The molecule has 3 fully saturated rings. The average molecular weight is 331 g/mol. The quantitative estimate of drug-likeness (QED) is 0.585. The fourth-order valence-corrected chi connectivity index (χ4v) is 4.76. The minimum Gasteiger partial charge on any atom is -0.325 e. The molecule has 0 aromatic carbocycles. The molecule has 2 aliphatic heterocycles. The van der Waals surface area contributed by atoms with E-state index in [0.29, 0.717) is 17.3 Å². The summed E-state index contributed by atoms with van der Waals surface area (Å²) in [6.07, 6.45) is 5.70. The molecule has 3 amide bonds. The number of urea groups is 1. The largest absolute Gasteiger partial charge is 0.362 e. The van der Waals surface area contributed by atoms with Crippen LogP contribution in [-0.4, -0.2) is 70.7 Å². The molecule has 0 radical (unpaired) electrons. The Labute approximate surface area is 129 Å². The van der Waals surface area contributed by atoms with Crippen LogP contribution in [-0.2, 0) is 15.1 Å². The molecule has 0 aromatic rings. The SMILES string of the molecule is CN(C(=O)N1CC[C@@H]2[C@H]1C(=O)N2S(=O)(=O)O)C1CCCCC1. The first-order valence-corrected chi connectivity index (χ1v) is 9.06. The van der Waals surface area contributed by atoms with Gasteiger partial charge in [-0.05, 0) is 19.3 Å². The average Bonchev–Trinajstić information content (AvgIpc) is 2.83. The van der Waals surface area contributed by atoms with Crippen molar-refractivity contribution in [2.75, 3.05) is 13.6 Å². The summed E-state index contributed by atoms with van der Waals surface area (Å²) in [5.74, 6) is -0.713.